The van der Waals surface area contributed by atoms with Crippen LogP contribution in [0.2, 0.25) is 5.02 Å². The summed E-state index contributed by atoms with van der Waals surface area (Å²) in [5.74, 6) is 0.552. The Morgan fingerprint density at radius 2 is 1.94 bits per heavy atom. The predicted molar refractivity (Wildman–Crippen MR) is 134 cm³/mol. The molecule has 10 heteroatoms. The molecule has 0 radical (unpaired) electrons. The van der Waals surface area contributed by atoms with Crippen LogP contribution >= 0.6 is 23.1 Å². The summed E-state index contributed by atoms with van der Waals surface area (Å²) in [7, 11) is 0.00352. The number of fused-ring (bicyclic) bond motifs is 1. The van der Waals surface area contributed by atoms with Crippen molar-refractivity contribution in [2.75, 3.05) is 11.8 Å². The van der Waals surface area contributed by atoms with Gasteiger partial charge in [0.1, 0.15) is 17.9 Å². The zero-order valence-corrected chi connectivity index (χ0v) is 20.0. The molecule has 0 amide bonds. The van der Waals surface area contributed by atoms with Gasteiger partial charge >= 0.3 is 0 Å². The number of ether oxygens (including phenoxy) is 1. The number of nitrogens with one attached hydrogen (secondary N) is 1. The topological polar surface area (TPSA) is 77.0 Å². The summed E-state index contributed by atoms with van der Waals surface area (Å²) in [6.07, 6.45) is 1.39. The molecule has 0 fully saturated rings. The van der Waals surface area contributed by atoms with E-state index in [0.717, 1.165) is 0 Å². The van der Waals surface area contributed by atoms with E-state index in [1.807, 2.05) is 0 Å². The Morgan fingerprint density at radius 3 is 2.71 bits per heavy atom. The molecular weight excluding hydrogens is 495 g/mol. The van der Waals surface area contributed by atoms with E-state index >= 15 is 4.39 Å². The molecule has 1 N–H and O–H groups in total. The fraction of sp³-hybridized carbons (Fsp3) is 0.0417. The molecular formula is C24H16ClFN4O2S2. The van der Waals surface area contributed by atoms with Gasteiger partial charge < -0.3 is 4.74 Å². The van der Waals surface area contributed by atoms with Crippen molar-refractivity contribution in [3.05, 3.63) is 83.2 Å². The predicted octanol–water partition coefficient (Wildman–Crippen LogP) is 6.36. The molecule has 2 aromatic heterocycles. The molecule has 5 aromatic rings. The Hall–Kier alpha value is -3.40. The molecule has 0 spiro atoms. The van der Waals surface area contributed by atoms with Gasteiger partial charge in [-0.15, -0.1) is 0 Å². The van der Waals surface area contributed by atoms with Gasteiger partial charge in [-0.3, -0.25) is 4.72 Å². The van der Waals surface area contributed by atoms with Gasteiger partial charge in [0.25, 0.3) is 0 Å². The van der Waals surface area contributed by atoms with Crippen LogP contribution in [0.15, 0.2) is 77.3 Å². The number of halogens is 2. The fourth-order valence-corrected chi connectivity index (χ4v) is 5.12. The Balaban J connectivity index is 1.57. The van der Waals surface area contributed by atoms with Crippen molar-refractivity contribution < 1.29 is 13.3 Å². The first-order chi connectivity index (χ1) is 16.5. The average molecular weight is 511 g/mol. The maximum atomic E-state index is 15.2. The molecule has 34 heavy (non-hydrogen) atoms. The average Bonchev–Trinajstić information content (AvgIpc) is 3.36. The molecule has 0 aliphatic heterocycles. The number of aromatic nitrogens is 3. The lowest BCUT2D eigenvalue weighted by atomic mass is 9.99. The highest BCUT2D eigenvalue weighted by atomic mass is 35.5. The first-order valence-electron chi connectivity index (χ1n) is 10.0. The van der Waals surface area contributed by atoms with Crippen LogP contribution in [-0.2, 0) is 11.0 Å². The Labute approximate surface area is 206 Å². The SMILES string of the molecule is COc1cc(-c2cccc(Cl)c2)c(F)cc1-c1ncnc2cc(S(=O)Nc3ccsn3)ccc12. The molecule has 5 rings (SSSR count). The van der Waals surface area contributed by atoms with Crippen LogP contribution in [-0.4, -0.2) is 25.7 Å². The molecule has 3 aromatic carbocycles. The Bertz CT molecular complexity index is 1530. The standard InChI is InChI=1S/C24H16ClFN4O2S2/c1-32-22-12-18(14-3-2-4-15(25)9-14)20(26)11-19(22)24-17-6-5-16(10-21(17)27-13-28-24)34(31)30-23-7-8-33-29-23/h2-13H,1H3,(H,29,30). The van der Waals surface area contributed by atoms with E-state index in [1.54, 1.807) is 60.0 Å². The van der Waals surface area contributed by atoms with E-state index in [9.17, 15) is 4.21 Å². The van der Waals surface area contributed by atoms with Crippen LogP contribution in [0.4, 0.5) is 10.2 Å². The van der Waals surface area contributed by atoms with Gasteiger partial charge in [0.2, 0.25) is 0 Å². The maximum Gasteiger partial charge on any atom is 0.151 e. The number of hydrogen-bond donors (Lipinski definition) is 1. The first-order valence-corrected chi connectivity index (χ1v) is 12.4. The molecule has 2 heterocycles. The van der Waals surface area contributed by atoms with Gasteiger partial charge in [-0.25, -0.2) is 18.6 Å². The highest BCUT2D eigenvalue weighted by molar-refractivity contribution is 7.86. The highest BCUT2D eigenvalue weighted by Crippen LogP contribution is 2.38. The third-order valence-corrected chi connectivity index (χ3v) is 7.01. The number of rotatable bonds is 6. The molecule has 0 saturated heterocycles. The Kier molecular flexibility index (Phi) is 6.23. The summed E-state index contributed by atoms with van der Waals surface area (Å²) >= 11 is 7.35. The summed E-state index contributed by atoms with van der Waals surface area (Å²) < 4.78 is 40.5. The van der Waals surface area contributed by atoms with Crippen molar-refractivity contribution >= 4 is 50.8 Å². The lowest BCUT2D eigenvalue weighted by Crippen LogP contribution is -2.05. The number of hydrogen-bond acceptors (Lipinski definition) is 6. The molecule has 0 aliphatic carbocycles. The van der Waals surface area contributed by atoms with Crippen molar-refractivity contribution in [1.29, 1.82) is 0 Å². The minimum atomic E-state index is -1.52. The van der Waals surface area contributed by atoms with E-state index in [4.69, 9.17) is 16.3 Å². The third-order valence-electron chi connectivity index (χ3n) is 5.14. The van der Waals surface area contributed by atoms with Gasteiger partial charge in [-0.1, -0.05) is 23.7 Å². The second-order valence-corrected chi connectivity index (χ2v) is 9.51. The summed E-state index contributed by atoms with van der Waals surface area (Å²) in [5, 5.41) is 2.98. The van der Waals surface area contributed by atoms with Crippen molar-refractivity contribution in [1.82, 2.24) is 14.3 Å². The quantitative estimate of drug-likeness (QED) is 0.288. The summed E-state index contributed by atoms with van der Waals surface area (Å²) in [5.41, 5.74) is 2.56. The van der Waals surface area contributed by atoms with Crippen LogP contribution in [0.3, 0.4) is 0 Å². The molecule has 6 nitrogen and oxygen atoms in total. The molecule has 170 valence electrons. The monoisotopic (exact) mass is 510 g/mol. The largest absolute Gasteiger partial charge is 0.496 e. The van der Waals surface area contributed by atoms with E-state index in [0.29, 0.717) is 54.8 Å². The van der Waals surface area contributed by atoms with Crippen molar-refractivity contribution in [3.63, 3.8) is 0 Å². The smallest absolute Gasteiger partial charge is 0.151 e. The zero-order valence-electron chi connectivity index (χ0n) is 17.7. The summed E-state index contributed by atoms with van der Waals surface area (Å²) in [4.78, 5) is 9.25. The van der Waals surface area contributed by atoms with Crippen LogP contribution in [0.25, 0.3) is 33.3 Å². The van der Waals surface area contributed by atoms with Gasteiger partial charge in [0, 0.05) is 26.9 Å². The highest BCUT2D eigenvalue weighted by Gasteiger charge is 2.18. The fourth-order valence-electron chi connectivity index (χ4n) is 3.57. The van der Waals surface area contributed by atoms with E-state index in [1.165, 1.54) is 31.0 Å². The zero-order chi connectivity index (χ0) is 23.7. The number of anilines is 1. The molecule has 1 atom stereocenters. The normalized spacial score (nSPS) is 12.0. The second-order valence-electron chi connectivity index (χ2n) is 7.20. The lowest BCUT2D eigenvalue weighted by Gasteiger charge is -2.14. The van der Waals surface area contributed by atoms with Crippen LogP contribution in [0, 0.1) is 5.82 Å². The lowest BCUT2D eigenvalue weighted by molar-refractivity contribution is 0.415. The molecule has 0 saturated carbocycles. The number of nitrogens with zero attached hydrogens (tertiary/aromatic N) is 3. The van der Waals surface area contributed by atoms with Crippen molar-refractivity contribution in [3.8, 4) is 28.1 Å². The molecule has 1 unspecified atom stereocenters. The van der Waals surface area contributed by atoms with Crippen molar-refractivity contribution in [2.24, 2.45) is 0 Å². The third kappa shape index (κ3) is 4.37. The summed E-state index contributed by atoms with van der Waals surface area (Å²) in [6, 6.07) is 16.9. The molecule has 0 aliphatic rings. The van der Waals surface area contributed by atoms with Gasteiger partial charge in [0.15, 0.2) is 16.8 Å². The van der Waals surface area contributed by atoms with Gasteiger partial charge in [-0.05, 0) is 65.6 Å². The van der Waals surface area contributed by atoms with E-state index in [2.05, 4.69) is 19.1 Å². The second kappa shape index (κ2) is 9.46. The molecule has 0 bridgehead atoms. The van der Waals surface area contributed by atoms with Crippen LogP contribution in [0.5, 0.6) is 5.75 Å². The Morgan fingerprint density at radius 1 is 1.06 bits per heavy atom. The van der Waals surface area contributed by atoms with E-state index < -0.39 is 16.8 Å². The van der Waals surface area contributed by atoms with Crippen LogP contribution < -0.4 is 9.46 Å². The minimum Gasteiger partial charge on any atom is -0.496 e. The number of benzene rings is 3. The first kappa shape index (κ1) is 22.4. The van der Waals surface area contributed by atoms with E-state index in [-0.39, 0.29) is 0 Å². The van der Waals surface area contributed by atoms with Crippen molar-refractivity contribution in [2.45, 2.75) is 4.90 Å². The maximum absolute atomic E-state index is 15.2. The van der Waals surface area contributed by atoms with Gasteiger partial charge in [0.05, 0.1) is 23.2 Å². The minimum absolute atomic E-state index is 0.368. The van der Waals surface area contributed by atoms with Gasteiger partial charge in [-0.2, -0.15) is 4.37 Å². The van der Waals surface area contributed by atoms with Crippen LogP contribution in [0.1, 0.15) is 0 Å². The summed E-state index contributed by atoms with van der Waals surface area (Å²) in [6.45, 7) is 0. The number of methoxy groups -OCH3 is 1.